The largest absolute Gasteiger partial charge is 0.473 e. The molecule has 0 bridgehead atoms. The lowest BCUT2D eigenvalue weighted by atomic mass is 10.1. The van der Waals surface area contributed by atoms with E-state index in [1.54, 1.807) is 37.1 Å². The van der Waals surface area contributed by atoms with Crippen LogP contribution in [0.3, 0.4) is 0 Å². The number of nitrogens with zero attached hydrogens (tertiary/aromatic N) is 1. The van der Waals surface area contributed by atoms with Gasteiger partial charge in [-0.25, -0.2) is 4.39 Å². The Hall–Kier alpha value is -2.42. The molecule has 2 nitrogen and oxygen atoms in total. The molecule has 0 saturated heterocycles. The summed E-state index contributed by atoms with van der Waals surface area (Å²) in [6, 6.07) is 13.8. The van der Waals surface area contributed by atoms with Crippen molar-refractivity contribution in [3.05, 3.63) is 79.3 Å². The van der Waals surface area contributed by atoms with Crippen LogP contribution in [0.4, 0.5) is 4.39 Å². The van der Waals surface area contributed by atoms with Crippen LogP contribution in [0.15, 0.2) is 77.9 Å². The van der Waals surface area contributed by atoms with Gasteiger partial charge in [0.25, 0.3) is 0 Å². The third-order valence-electron chi connectivity index (χ3n) is 2.26. The zero-order valence-electron chi connectivity index (χ0n) is 9.66. The monoisotopic (exact) mass is 241 g/mol. The lowest BCUT2D eigenvalue weighted by molar-refractivity contribution is 0.567. The Morgan fingerprint density at radius 2 is 1.56 bits per heavy atom. The Bertz CT molecular complexity index is 530. The van der Waals surface area contributed by atoms with Crippen LogP contribution < -0.4 is 0 Å². The zero-order valence-corrected chi connectivity index (χ0v) is 9.66. The molecule has 0 unspecified atom stereocenters. The van der Waals surface area contributed by atoms with Gasteiger partial charge >= 0.3 is 0 Å². The van der Waals surface area contributed by atoms with Crippen molar-refractivity contribution < 1.29 is 8.81 Å². The molecular formula is C15H12FNO. The van der Waals surface area contributed by atoms with E-state index in [1.165, 1.54) is 12.1 Å². The van der Waals surface area contributed by atoms with Gasteiger partial charge in [-0.05, 0) is 41.5 Å². The summed E-state index contributed by atoms with van der Waals surface area (Å²) in [5.41, 5.74) is 1.98. The summed E-state index contributed by atoms with van der Waals surface area (Å²) in [7, 11) is 0. The van der Waals surface area contributed by atoms with Gasteiger partial charge < -0.3 is 4.42 Å². The Kier molecular flexibility index (Phi) is 4.25. The molecule has 0 aliphatic rings. The Morgan fingerprint density at radius 3 is 2.06 bits per heavy atom. The molecule has 3 aromatic rings. The van der Waals surface area contributed by atoms with Crippen molar-refractivity contribution in [2.75, 3.05) is 0 Å². The summed E-state index contributed by atoms with van der Waals surface area (Å²) >= 11 is 0. The van der Waals surface area contributed by atoms with Gasteiger partial charge in [-0.2, -0.15) is 0 Å². The van der Waals surface area contributed by atoms with Crippen molar-refractivity contribution in [1.82, 2.24) is 4.98 Å². The Morgan fingerprint density at radius 1 is 0.833 bits per heavy atom. The van der Waals surface area contributed by atoms with Crippen LogP contribution in [0.5, 0.6) is 0 Å². The molecule has 2 heterocycles. The summed E-state index contributed by atoms with van der Waals surface area (Å²) in [5, 5.41) is 0. The summed E-state index contributed by atoms with van der Waals surface area (Å²) in [6.45, 7) is 0. The fourth-order valence-corrected chi connectivity index (χ4v) is 1.40. The third kappa shape index (κ3) is 3.56. The molecular weight excluding hydrogens is 229 g/mol. The highest BCUT2D eigenvalue weighted by Crippen LogP contribution is 2.17. The molecule has 0 spiro atoms. The van der Waals surface area contributed by atoms with Gasteiger partial charge in [-0.15, -0.1) is 0 Å². The highest BCUT2D eigenvalue weighted by molar-refractivity contribution is 5.61. The second-order valence-electron chi connectivity index (χ2n) is 3.54. The summed E-state index contributed by atoms with van der Waals surface area (Å²) in [6.07, 6.45) is 6.72. The van der Waals surface area contributed by atoms with Gasteiger partial charge in [-0.1, -0.05) is 18.2 Å². The van der Waals surface area contributed by atoms with Crippen molar-refractivity contribution in [3.8, 4) is 11.1 Å². The minimum absolute atomic E-state index is 0.215. The first-order chi connectivity index (χ1) is 8.86. The molecule has 0 aliphatic heterocycles. The molecule has 0 amide bonds. The highest BCUT2D eigenvalue weighted by atomic mass is 19.1. The fraction of sp³-hybridized carbons (Fsp3) is 0. The van der Waals surface area contributed by atoms with Crippen LogP contribution in [0.25, 0.3) is 11.1 Å². The van der Waals surface area contributed by atoms with E-state index in [0.29, 0.717) is 0 Å². The van der Waals surface area contributed by atoms with Gasteiger partial charge in [0.2, 0.25) is 0 Å². The fourth-order valence-electron chi connectivity index (χ4n) is 1.40. The van der Waals surface area contributed by atoms with Gasteiger partial charge in [0, 0.05) is 12.4 Å². The normalized spacial score (nSPS) is 9.39. The number of benzene rings is 1. The number of aromatic nitrogens is 1. The van der Waals surface area contributed by atoms with Gasteiger partial charge in [0.05, 0.1) is 12.5 Å². The van der Waals surface area contributed by atoms with Crippen molar-refractivity contribution in [1.29, 1.82) is 0 Å². The van der Waals surface area contributed by atoms with Crippen molar-refractivity contribution >= 4 is 0 Å². The molecule has 90 valence electrons. The summed E-state index contributed by atoms with van der Waals surface area (Å²) in [5.74, 6) is -0.215. The Balaban J connectivity index is 0.000000202. The van der Waals surface area contributed by atoms with E-state index < -0.39 is 0 Å². The number of halogens is 1. The minimum atomic E-state index is -0.215. The maximum absolute atomic E-state index is 12.6. The molecule has 0 N–H and O–H groups in total. The molecule has 3 rings (SSSR count). The topological polar surface area (TPSA) is 26.0 Å². The van der Waals surface area contributed by atoms with Gasteiger partial charge in [0.1, 0.15) is 5.82 Å². The number of rotatable bonds is 1. The first-order valence-corrected chi connectivity index (χ1v) is 5.49. The number of hydrogen-bond acceptors (Lipinski definition) is 2. The Labute approximate surface area is 105 Å². The van der Waals surface area contributed by atoms with Crippen LogP contribution in [0.1, 0.15) is 0 Å². The number of furan rings is 1. The summed E-state index contributed by atoms with van der Waals surface area (Å²) < 4.78 is 17.2. The molecule has 0 radical (unpaired) electrons. The molecule has 0 fully saturated rings. The smallest absolute Gasteiger partial charge is 0.123 e. The van der Waals surface area contributed by atoms with Crippen molar-refractivity contribution in [2.45, 2.75) is 0 Å². The van der Waals surface area contributed by atoms with E-state index in [9.17, 15) is 4.39 Å². The van der Waals surface area contributed by atoms with Crippen LogP contribution in [0, 0.1) is 5.82 Å². The van der Waals surface area contributed by atoms with E-state index >= 15 is 0 Å². The highest BCUT2D eigenvalue weighted by Gasteiger charge is 1.95. The van der Waals surface area contributed by atoms with Gasteiger partial charge in [-0.3, -0.25) is 4.98 Å². The molecule has 2 aromatic heterocycles. The predicted molar refractivity (Wildman–Crippen MR) is 68.3 cm³/mol. The molecule has 0 saturated carbocycles. The first-order valence-electron chi connectivity index (χ1n) is 5.49. The molecule has 0 aliphatic carbocycles. The lowest BCUT2D eigenvalue weighted by Crippen LogP contribution is -1.79. The second kappa shape index (κ2) is 6.35. The third-order valence-corrected chi connectivity index (χ3v) is 2.26. The van der Waals surface area contributed by atoms with E-state index in [4.69, 9.17) is 0 Å². The van der Waals surface area contributed by atoms with E-state index in [0.717, 1.165) is 11.1 Å². The number of pyridine rings is 1. The standard InChI is InChI=1S/C11H8FN.C4H4O/c12-11-5-3-9(4-6-11)10-2-1-7-13-8-10;1-2-4-5-3-1/h1-8H;1-4H. The quantitative estimate of drug-likeness (QED) is 0.639. The lowest BCUT2D eigenvalue weighted by Gasteiger charge is -1.98. The molecule has 0 atom stereocenters. The van der Waals surface area contributed by atoms with E-state index in [1.807, 2.05) is 24.3 Å². The maximum Gasteiger partial charge on any atom is 0.123 e. The van der Waals surface area contributed by atoms with E-state index in [2.05, 4.69) is 9.40 Å². The first kappa shape index (κ1) is 12.0. The van der Waals surface area contributed by atoms with Crippen LogP contribution in [-0.2, 0) is 0 Å². The van der Waals surface area contributed by atoms with Crippen LogP contribution in [0.2, 0.25) is 0 Å². The molecule has 18 heavy (non-hydrogen) atoms. The van der Waals surface area contributed by atoms with E-state index in [-0.39, 0.29) is 5.82 Å². The second-order valence-corrected chi connectivity index (χ2v) is 3.54. The number of hydrogen-bond donors (Lipinski definition) is 0. The van der Waals surface area contributed by atoms with Crippen LogP contribution in [-0.4, -0.2) is 4.98 Å². The molecule has 3 heteroatoms. The van der Waals surface area contributed by atoms with Crippen molar-refractivity contribution in [2.24, 2.45) is 0 Å². The SMILES string of the molecule is Fc1ccc(-c2cccnc2)cc1.c1ccoc1. The van der Waals surface area contributed by atoms with Gasteiger partial charge in [0.15, 0.2) is 0 Å². The summed E-state index contributed by atoms with van der Waals surface area (Å²) in [4.78, 5) is 3.99. The van der Waals surface area contributed by atoms with Crippen molar-refractivity contribution in [3.63, 3.8) is 0 Å². The molecule has 1 aromatic carbocycles. The zero-order chi connectivity index (χ0) is 12.6. The average molecular weight is 241 g/mol. The predicted octanol–water partition coefficient (Wildman–Crippen LogP) is 4.17. The maximum atomic E-state index is 12.6. The average Bonchev–Trinajstić information content (AvgIpc) is 3.00. The van der Waals surface area contributed by atoms with Crippen LogP contribution >= 0.6 is 0 Å². The minimum Gasteiger partial charge on any atom is -0.473 e.